The number of ether oxygens (including phenoxy) is 2. The summed E-state index contributed by atoms with van der Waals surface area (Å²) in [4.78, 5) is 2.33. The van der Waals surface area contributed by atoms with E-state index in [2.05, 4.69) is 37.9 Å². The van der Waals surface area contributed by atoms with Crippen molar-refractivity contribution in [2.45, 2.75) is 20.3 Å². The molecule has 1 aliphatic rings. The molecule has 2 rings (SSSR count). The Balaban J connectivity index is 1.85. The second kappa shape index (κ2) is 5.80. The number of rotatable bonds is 6. The van der Waals surface area contributed by atoms with E-state index >= 15 is 0 Å². The van der Waals surface area contributed by atoms with Crippen LogP contribution in [0.3, 0.4) is 0 Å². The smallest absolute Gasteiger partial charge is 0.231 e. The highest BCUT2D eigenvalue weighted by Gasteiger charge is 2.18. The van der Waals surface area contributed by atoms with Crippen LogP contribution in [0, 0.1) is 5.41 Å². The Morgan fingerprint density at radius 3 is 2.74 bits per heavy atom. The first-order valence-corrected chi connectivity index (χ1v) is 6.77. The molecule has 2 N–H and O–H groups in total. The summed E-state index contributed by atoms with van der Waals surface area (Å²) in [5.74, 6) is 1.71. The first-order valence-electron chi connectivity index (χ1n) is 6.77. The largest absolute Gasteiger partial charge is 0.454 e. The van der Waals surface area contributed by atoms with Crippen molar-refractivity contribution < 1.29 is 9.47 Å². The number of likely N-dealkylation sites (N-methyl/N-ethyl adjacent to an activating group) is 1. The average Bonchev–Trinajstić information content (AvgIpc) is 2.83. The van der Waals surface area contributed by atoms with Gasteiger partial charge in [0, 0.05) is 13.1 Å². The molecule has 19 heavy (non-hydrogen) atoms. The van der Waals surface area contributed by atoms with Gasteiger partial charge in [0.2, 0.25) is 6.79 Å². The molecular formula is C15H24N2O2. The van der Waals surface area contributed by atoms with Gasteiger partial charge in [0.25, 0.3) is 0 Å². The van der Waals surface area contributed by atoms with Crippen LogP contribution in [0.2, 0.25) is 0 Å². The Morgan fingerprint density at radius 2 is 2.00 bits per heavy atom. The molecule has 1 aromatic rings. The van der Waals surface area contributed by atoms with Crippen molar-refractivity contribution in [3.8, 4) is 11.5 Å². The van der Waals surface area contributed by atoms with Gasteiger partial charge in [0.1, 0.15) is 0 Å². The van der Waals surface area contributed by atoms with Gasteiger partial charge in [-0.1, -0.05) is 19.9 Å². The topological polar surface area (TPSA) is 47.7 Å². The van der Waals surface area contributed by atoms with E-state index in [9.17, 15) is 0 Å². The lowest BCUT2D eigenvalue weighted by Crippen LogP contribution is -2.37. The van der Waals surface area contributed by atoms with Crippen LogP contribution in [0.1, 0.15) is 19.4 Å². The highest BCUT2D eigenvalue weighted by atomic mass is 16.7. The van der Waals surface area contributed by atoms with E-state index in [0.29, 0.717) is 13.3 Å². The average molecular weight is 264 g/mol. The van der Waals surface area contributed by atoms with Gasteiger partial charge in [-0.15, -0.1) is 0 Å². The second-order valence-electron chi connectivity index (χ2n) is 6.04. The third-order valence-corrected chi connectivity index (χ3v) is 3.47. The van der Waals surface area contributed by atoms with Crippen LogP contribution in [-0.4, -0.2) is 38.4 Å². The monoisotopic (exact) mass is 264 g/mol. The maximum absolute atomic E-state index is 5.77. The molecule has 0 saturated heterocycles. The summed E-state index contributed by atoms with van der Waals surface area (Å²) in [6, 6.07) is 6.17. The van der Waals surface area contributed by atoms with Crippen LogP contribution in [0.25, 0.3) is 0 Å². The summed E-state index contributed by atoms with van der Waals surface area (Å²) >= 11 is 0. The minimum atomic E-state index is 0.170. The molecule has 0 aliphatic carbocycles. The SMILES string of the molecule is CN(CCc1ccc2c(c1)OCO2)CC(C)(C)CN. The van der Waals surface area contributed by atoms with Crippen LogP contribution in [0.5, 0.6) is 11.5 Å². The van der Waals surface area contributed by atoms with Gasteiger partial charge in [-0.3, -0.25) is 0 Å². The van der Waals surface area contributed by atoms with Crippen molar-refractivity contribution in [2.24, 2.45) is 11.1 Å². The van der Waals surface area contributed by atoms with Crippen molar-refractivity contribution in [1.29, 1.82) is 0 Å². The molecule has 0 unspecified atom stereocenters. The van der Waals surface area contributed by atoms with E-state index in [4.69, 9.17) is 15.2 Å². The Bertz CT molecular complexity index is 432. The Morgan fingerprint density at radius 1 is 1.26 bits per heavy atom. The summed E-state index contributed by atoms with van der Waals surface area (Å²) in [5, 5.41) is 0. The predicted octanol–water partition coefficient (Wildman–Crippen LogP) is 1.87. The van der Waals surface area contributed by atoms with Crippen molar-refractivity contribution in [2.75, 3.05) is 33.5 Å². The lowest BCUT2D eigenvalue weighted by atomic mass is 9.93. The molecule has 0 aromatic heterocycles. The lowest BCUT2D eigenvalue weighted by molar-refractivity contribution is 0.174. The van der Waals surface area contributed by atoms with Gasteiger partial charge in [0.15, 0.2) is 11.5 Å². The summed E-state index contributed by atoms with van der Waals surface area (Å²) in [6.07, 6.45) is 1.01. The number of hydrogen-bond donors (Lipinski definition) is 1. The van der Waals surface area contributed by atoms with Gasteiger partial charge >= 0.3 is 0 Å². The summed E-state index contributed by atoms with van der Waals surface area (Å²) in [7, 11) is 2.14. The van der Waals surface area contributed by atoms with Crippen molar-refractivity contribution in [3.63, 3.8) is 0 Å². The van der Waals surface area contributed by atoms with Crippen molar-refractivity contribution in [3.05, 3.63) is 23.8 Å². The molecule has 0 atom stereocenters. The fraction of sp³-hybridized carbons (Fsp3) is 0.600. The number of nitrogens with zero attached hydrogens (tertiary/aromatic N) is 1. The Labute approximate surface area is 115 Å². The zero-order chi connectivity index (χ0) is 13.9. The van der Waals surface area contributed by atoms with Crippen LogP contribution < -0.4 is 15.2 Å². The highest BCUT2D eigenvalue weighted by Crippen LogP contribution is 2.32. The molecule has 0 bridgehead atoms. The van der Waals surface area contributed by atoms with E-state index in [1.807, 2.05) is 6.07 Å². The highest BCUT2D eigenvalue weighted by molar-refractivity contribution is 5.44. The predicted molar refractivity (Wildman–Crippen MR) is 76.6 cm³/mol. The minimum Gasteiger partial charge on any atom is -0.454 e. The van der Waals surface area contributed by atoms with Crippen LogP contribution in [-0.2, 0) is 6.42 Å². The van der Waals surface area contributed by atoms with E-state index < -0.39 is 0 Å². The van der Waals surface area contributed by atoms with Crippen molar-refractivity contribution in [1.82, 2.24) is 4.90 Å². The van der Waals surface area contributed by atoms with E-state index in [-0.39, 0.29) is 5.41 Å². The van der Waals surface area contributed by atoms with Gasteiger partial charge in [-0.25, -0.2) is 0 Å². The Kier molecular flexibility index (Phi) is 4.32. The second-order valence-corrected chi connectivity index (χ2v) is 6.04. The van der Waals surface area contributed by atoms with Crippen LogP contribution in [0.4, 0.5) is 0 Å². The molecule has 0 spiro atoms. The fourth-order valence-electron chi connectivity index (χ4n) is 2.29. The zero-order valence-corrected chi connectivity index (χ0v) is 12.1. The number of nitrogens with two attached hydrogens (primary N) is 1. The van der Waals surface area contributed by atoms with E-state index in [0.717, 1.165) is 31.0 Å². The molecule has 4 heteroatoms. The quantitative estimate of drug-likeness (QED) is 0.852. The summed E-state index contributed by atoms with van der Waals surface area (Å²) in [6.45, 7) is 7.47. The third-order valence-electron chi connectivity index (χ3n) is 3.47. The molecule has 1 aromatic carbocycles. The fourth-order valence-corrected chi connectivity index (χ4v) is 2.29. The molecule has 1 heterocycles. The molecule has 106 valence electrons. The molecule has 0 amide bonds. The maximum Gasteiger partial charge on any atom is 0.231 e. The standard InChI is InChI=1S/C15H24N2O2/c1-15(2,9-16)10-17(3)7-6-12-4-5-13-14(8-12)19-11-18-13/h4-5,8H,6-7,9-11,16H2,1-3H3. The number of benzene rings is 1. The van der Waals surface area contributed by atoms with Gasteiger partial charge in [0.05, 0.1) is 0 Å². The number of fused-ring (bicyclic) bond motifs is 1. The molecule has 0 radical (unpaired) electrons. The van der Waals surface area contributed by atoms with E-state index in [1.165, 1.54) is 5.56 Å². The summed E-state index contributed by atoms with van der Waals surface area (Å²) in [5.41, 5.74) is 7.22. The van der Waals surface area contributed by atoms with Gasteiger partial charge < -0.3 is 20.1 Å². The van der Waals surface area contributed by atoms with E-state index in [1.54, 1.807) is 0 Å². The normalized spacial score (nSPS) is 14.2. The molecule has 0 saturated carbocycles. The van der Waals surface area contributed by atoms with Gasteiger partial charge in [-0.05, 0) is 43.1 Å². The molecular weight excluding hydrogens is 240 g/mol. The van der Waals surface area contributed by atoms with Crippen LogP contribution in [0.15, 0.2) is 18.2 Å². The zero-order valence-electron chi connectivity index (χ0n) is 12.1. The van der Waals surface area contributed by atoms with Crippen molar-refractivity contribution >= 4 is 0 Å². The molecule has 0 fully saturated rings. The Hall–Kier alpha value is -1.26. The molecule has 1 aliphatic heterocycles. The lowest BCUT2D eigenvalue weighted by Gasteiger charge is -2.29. The van der Waals surface area contributed by atoms with Crippen LogP contribution >= 0.6 is 0 Å². The van der Waals surface area contributed by atoms with Gasteiger partial charge in [-0.2, -0.15) is 0 Å². The maximum atomic E-state index is 5.77. The third kappa shape index (κ3) is 3.85. The summed E-state index contributed by atoms with van der Waals surface area (Å²) < 4.78 is 10.7. The minimum absolute atomic E-state index is 0.170. The first kappa shape index (κ1) is 14.2. The molecule has 4 nitrogen and oxygen atoms in total. The first-order chi connectivity index (χ1) is 9.00. The number of hydrogen-bond acceptors (Lipinski definition) is 4.